The standard InChI is InChI=1S/C27H28N2O5/c1-3-33-27(32)34-24-14-12-22(13-15-24)26(31)28-18-21-5-4-6-23(17-21)29-25(30)16-11-20-9-7-19(2)8-10-20/h4-10,12-15,17H,3,11,16,18H2,1-2H3,(H,28,31)(H,29,30). The van der Waals surface area contributed by atoms with Gasteiger partial charge in [-0.25, -0.2) is 4.79 Å². The van der Waals surface area contributed by atoms with Gasteiger partial charge >= 0.3 is 6.16 Å². The Morgan fingerprint density at radius 1 is 0.882 bits per heavy atom. The van der Waals surface area contributed by atoms with Gasteiger partial charge in [0.25, 0.3) is 5.91 Å². The fraction of sp³-hybridized carbons (Fsp3) is 0.222. The van der Waals surface area contributed by atoms with Crippen molar-refractivity contribution in [1.29, 1.82) is 0 Å². The molecule has 0 unspecified atom stereocenters. The number of carbonyl (C=O) groups is 3. The molecule has 2 amide bonds. The molecule has 0 atom stereocenters. The minimum Gasteiger partial charge on any atom is -0.434 e. The van der Waals surface area contributed by atoms with E-state index in [0.29, 0.717) is 36.4 Å². The summed E-state index contributed by atoms with van der Waals surface area (Å²) in [6.07, 6.45) is 0.271. The van der Waals surface area contributed by atoms with Crippen molar-refractivity contribution < 1.29 is 23.9 Å². The lowest BCUT2D eigenvalue weighted by Gasteiger charge is -2.10. The van der Waals surface area contributed by atoms with Gasteiger partial charge in [0.1, 0.15) is 5.75 Å². The van der Waals surface area contributed by atoms with E-state index in [1.807, 2.05) is 55.5 Å². The highest BCUT2D eigenvalue weighted by atomic mass is 16.7. The molecule has 0 aliphatic carbocycles. The fourth-order valence-electron chi connectivity index (χ4n) is 3.20. The lowest BCUT2D eigenvalue weighted by atomic mass is 10.1. The molecule has 7 nitrogen and oxygen atoms in total. The Labute approximate surface area is 199 Å². The minimum atomic E-state index is -0.790. The van der Waals surface area contributed by atoms with Crippen LogP contribution in [0.3, 0.4) is 0 Å². The van der Waals surface area contributed by atoms with Crippen LogP contribution in [-0.2, 0) is 22.5 Å². The summed E-state index contributed by atoms with van der Waals surface area (Å²) in [4.78, 5) is 36.1. The number of hydrogen-bond donors (Lipinski definition) is 2. The number of anilines is 1. The Kier molecular flexibility index (Phi) is 8.80. The van der Waals surface area contributed by atoms with Crippen LogP contribution in [0.15, 0.2) is 72.8 Å². The molecule has 0 aliphatic rings. The Balaban J connectivity index is 1.48. The monoisotopic (exact) mass is 460 g/mol. The molecule has 3 aromatic rings. The third kappa shape index (κ3) is 7.78. The molecule has 0 spiro atoms. The van der Waals surface area contributed by atoms with Crippen LogP contribution in [-0.4, -0.2) is 24.6 Å². The maximum Gasteiger partial charge on any atom is 0.513 e. The summed E-state index contributed by atoms with van der Waals surface area (Å²) in [7, 11) is 0. The van der Waals surface area contributed by atoms with Crippen molar-refractivity contribution in [2.75, 3.05) is 11.9 Å². The van der Waals surface area contributed by atoms with Gasteiger partial charge in [-0.1, -0.05) is 42.0 Å². The lowest BCUT2D eigenvalue weighted by molar-refractivity contribution is -0.116. The van der Waals surface area contributed by atoms with E-state index in [4.69, 9.17) is 9.47 Å². The van der Waals surface area contributed by atoms with Gasteiger partial charge in [-0.05, 0) is 67.8 Å². The van der Waals surface area contributed by atoms with Crippen molar-refractivity contribution in [3.05, 3.63) is 95.1 Å². The normalized spacial score (nSPS) is 10.3. The average Bonchev–Trinajstić information content (AvgIpc) is 2.83. The summed E-state index contributed by atoms with van der Waals surface area (Å²) in [6, 6.07) is 21.7. The second kappa shape index (κ2) is 12.2. The molecule has 34 heavy (non-hydrogen) atoms. The maximum absolute atomic E-state index is 12.4. The van der Waals surface area contributed by atoms with Gasteiger partial charge in [0.15, 0.2) is 0 Å². The van der Waals surface area contributed by atoms with E-state index >= 15 is 0 Å². The van der Waals surface area contributed by atoms with Crippen molar-refractivity contribution >= 4 is 23.7 Å². The van der Waals surface area contributed by atoms with Crippen molar-refractivity contribution in [1.82, 2.24) is 5.32 Å². The molecule has 0 aromatic heterocycles. The van der Waals surface area contributed by atoms with Gasteiger partial charge < -0.3 is 20.1 Å². The van der Waals surface area contributed by atoms with E-state index in [1.165, 1.54) is 17.7 Å². The van der Waals surface area contributed by atoms with Gasteiger partial charge in [-0.3, -0.25) is 9.59 Å². The summed E-state index contributed by atoms with van der Waals surface area (Å²) in [5.74, 6) is -0.0390. The van der Waals surface area contributed by atoms with Crippen LogP contribution in [0.1, 0.15) is 40.4 Å². The quantitative estimate of drug-likeness (QED) is 0.345. The first-order chi connectivity index (χ1) is 16.4. The maximum atomic E-state index is 12.4. The topological polar surface area (TPSA) is 93.7 Å². The molecule has 3 aromatic carbocycles. The Morgan fingerprint density at radius 2 is 1.62 bits per heavy atom. The minimum absolute atomic E-state index is 0.0631. The molecular weight excluding hydrogens is 432 g/mol. The fourth-order valence-corrected chi connectivity index (χ4v) is 3.20. The number of aryl methyl sites for hydroxylation is 2. The zero-order chi connectivity index (χ0) is 24.3. The number of nitrogens with one attached hydrogen (secondary N) is 2. The first kappa shape index (κ1) is 24.5. The molecule has 7 heteroatoms. The van der Waals surface area contributed by atoms with E-state index in [-0.39, 0.29) is 18.4 Å². The van der Waals surface area contributed by atoms with Crippen LogP contribution >= 0.6 is 0 Å². The van der Waals surface area contributed by atoms with Crippen LogP contribution in [0.25, 0.3) is 0 Å². The van der Waals surface area contributed by atoms with Crippen molar-refractivity contribution in [2.45, 2.75) is 33.2 Å². The third-order valence-corrected chi connectivity index (χ3v) is 5.01. The lowest BCUT2D eigenvalue weighted by Crippen LogP contribution is -2.22. The third-order valence-electron chi connectivity index (χ3n) is 5.01. The number of rotatable bonds is 9. The van der Waals surface area contributed by atoms with Gasteiger partial charge in [-0.15, -0.1) is 0 Å². The predicted molar refractivity (Wildman–Crippen MR) is 130 cm³/mol. The van der Waals surface area contributed by atoms with Crippen LogP contribution in [0.4, 0.5) is 10.5 Å². The molecule has 0 radical (unpaired) electrons. The highest BCUT2D eigenvalue weighted by molar-refractivity contribution is 5.94. The molecule has 0 fully saturated rings. The average molecular weight is 461 g/mol. The summed E-state index contributed by atoms with van der Waals surface area (Å²) in [5, 5.41) is 5.75. The largest absolute Gasteiger partial charge is 0.513 e. The highest BCUT2D eigenvalue weighted by Crippen LogP contribution is 2.15. The second-order valence-electron chi connectivity index (χ2n) is 7.73. The zero-order valence-electron chi connectivity index (χ0n) is 19.3. The van der Waals surface area contributed by atoms with Crippen LogP contribution in [0, 0.1) is 6.92 Å². The Hall–Kier alpha value is -4.13. The second-order valence-corrected chi connectivity index (χ2v) is 7.73. The van der Waals surface area contributed by atoms with Crippen molar-refractivity contribution in [3.63, 3.8) is 0 Å². The number of amides is 2. The van der Waals surface area contributed by atoms with E-state index in [1.54, 1.807) is 19.1 Å². The molecule has 0 saturated carbocycles. The number of hydrogen-bond acceptors (Lipinski definition) is 5. The first-order valence-electron chi connectivity index (χ1n) is 11.1. The summed E-state index contributed by atoms with van der Waals surface area (Å²) in [6.45, 7) is 4.24. The number of ether oxygens (including phenoxy) is 2. The smallest absolute Gasteiger partial charge is 0.434 e. The highest BCUT2D eigenvalue weighted by Gasteiger charge is 2.09. The molecule has 0 heterocycles. The van der Waals surface area contributed by atoms with Gasteiger partial charge in [0.2, 0.25) is 5.91 Å². The summed E-state index contributed by atoms with van der Waals surface area (Å²) in [5.41, 5.74) is 4.28. The predicted octanol–water partition coefficient (Wildman–Crippen LogP) is 5.03. The molecule has 0 aliphatic heterocycles. The molecule has 0 saturated heterocycles. The molecule has 0 bridgehead atoms. The van der Waals surface area contributed by atoms with E-state index in [9.17, 15) is 14.4 Å². The van der Waals surface area contributed by atoms with Crippen LogP contribution in [0.2, 0.25) is 0 Å². The van der Waals surface area contributed by atoms with Crippen LogP contribution in [0.5, 0.6) is 5.75 Å². The molecule has 176 valence electrons. The summed E-state index contributed by atoms with van der Waals surface area (Å²) < 4.78 is 9.70. The Bertz CT molecular complexity index is 1120. The molecular formula is C27H28N2O5. The van der Waals surface area contributed by atoms with E-state index < -0.39 is 6.16 Å². The van der Waals surface area contributed by atoms with Crippen LogP contribution < -0.4 is 15.4 Å². The van der Waals surface area contributed by atoms with Gasteiger partial charge in [-0.2, -0.15) is 0 Å². The Morgan fingerprint density at radius 3 is 2.32 bits per heavy atom. The van der Waals surface area contributed by atoms with Gasteiger partial charge in [0.05, 0.1) is 6.61 Å². The number of carbonyl (C=O) groups excluding carboxylic acids is 3. The van der Waals surface area contributed by atoms with E-state index in [2.05, 4.69) is 10.6 Å². The van der Waals surface area contributed by atoms with Gasteiger partial charge in [0, 0.05) is 24.2 Å². The van der Waals surface area contributed by atoms with E-state index in [0.717, 1.165) is 11.1 Å². The van der Waals surface area contributed by atoms with Crippen molar-refractivity contribution in [3.8, 4) is 5.75 Å². The molecule has 2 N–H and O–H groups in total. The first-order valence-corrected chi connectivity index (χ1v) is 11.1. The molecule has 3 rings (SSSR count). The van der Waals surface area contributed by atoms with Crippen molar-refractivity contribution in [2.24, 2.45) is 0 Å². The zero-order valence-corrected chi connectivity index (χ0v) is 19.3. The number of benzene rings is 3. The SMILES string of the molecule is CCOC(=O)Oc1ccc(C(=O)NCc2cccc(NC(=O)CCc3ccc(C)cc3)c2)cc1. The summed E-state index contributed by atoms with van der Waals surface area (Å²) >= 11 is 0.